The highest BCUT2D eigenvalue weighted by Crippen LogP contribution is 2.19. The van der Waals surface area contributed by atoms with Gasteiger partial charge in [-0.05, 0) is 6.07 Å². The van der Waals surface area contributed by atoms with Gasteiger partial charge in [0.25, 0.3) is 0 Å². The molecule has 1 saturated heterocycles. The molecule has 0 bridgehead atoms. The van der Waals surface area contributed by atoms with Crippen molar-refractivity contribution in [2.75, 3.05) is 0 Å². The maximum absolute atomic E-state index is 11.4. The Bertz CT molecular complexity index is 528. The SMILES string of the molecule is O=C1NC(=O)C(Cc2ccc([N+](=O)[O-])o2)C(=O)N1. The number of rotatable bonds is 3. The average Bonchev–Trinajstić information content (AvgIpc) is 2.71. The Balaban J connectivity index is 2.12. The van der Waals surface area contributed by atoms with Crippen molar-refractivity contribution in [2.45, 2.75) is 6.42 Å². The van der Waals surface area contributed by atoms with E-state index in [0.717, 1.165) is 6.07 Å². The van der Waals surface area contributed by atoms with E-state index < -0.39 is 34.6 Å². The number of carbonyl (C=O) groups excluding carboxylic acids is 3. The summed E-state index contributed by atoms with van der Waals surface area (Å²) in [5, 5.41) is 14.2. The van der Waals surface area contributed by atoms with Crippen molar-refractivity contribution in [2.24, 2.45) is 5.92 Å². The van der Waals surface area contributed by atoms with Gasteiger partial charge >= 0.3 is 11.9 Å². The van der Waals surface area contributed by atoms with Gasteiger partial charge in [-0.25, -0.2) is 4.79 Å². The zero-order valence-electron chi connectivity index (χ0n) is 8.84. The molecule has 0 saturated carbocycles. The minimum Gasteiger partial charge on any atom is -0.406 e. The Labute approximate surface area is 99.3 Å². The van der Waals surface area contributed by atoms with Crippen molar-refractivity contribution in [1.82, 2.24) is 10.6 Å². The first-order chi connectivity index (χ1) is 8.47. The van der Waals surface area contributed by atoms with E-state index in [-0.39, 0.29) is 12.2 Å². The number of barbiturate groups is 1. The molecule has 2 N–H and O–H groups in total. The molecule has 4 amide bonds. The standard InChI is InChI=1S/C9H7N3O6/c13-7-5(8(14)11-9(15)10-7)3-4-1-2-6(18-4)12(16)17/h1-2,5H,3H2,(H2,10,11,13,14,15). The summed E-state index contributed by atoms with van der Waals surface area (Å²) in [6.45, 7) is 0. The lowest BCUT2D eigenvalue weighted by Gasteiger charge is -2.19. The molecule has 2 rings (SSSR count). The number of hydrogen-bond donors (Lipinski definition) is 2. The lowest BCUT2D eigenvalue weighted by atomic mass is 10.0. The molecule has 0 spiro atoms. The number of nitro groups is 1. The average molecular weight is 253 g/mol. The van der Waals surface area contributed by atoms with E-state index in [9.17, 15) is 24.5 Å². The predicted octanol–water partition coefficient (Wildman–Crippen LogP) is -0.288. The lowest BCUT2D eigenvalue weighted by Crippen LogP contribution is -2.56. The molecule has 1 aromatic heterocycles. The normalized spacial score (nSPS) is 16.3. The maximum Gasteiger partial charge on any atom is 0.433 e. The van der Waals surface area contributed by atoms with Gasteiger partial charge in [-0.2, -0.15) is 0 Å². The Kier molecular flexibility index (Phi) is 2.80. The molecule has 0 unspecified atom stereocenters. The molecule has 0 aromatic carbocycles. The van der Waals surface area contributed by atoms with Gasteiger partial charge in [0.15, 0.2) is 0 Å². The van der Waals surface area contributed by atoms with Crippen LogP contribution in [0.15, 0.2) is 16.5 Å². The summed E-state index contributed by atoms with van der Waals surface area (Å²) in [5.74, 6) is -3.02. The van der Waals surface area contributed by atoms with E-state index in [1.807, 2.05) is 10.6 Å². The number of amides is 4. The highest BCUT2D eigenvalue weighted by molar-refractivity contribution is 6.16. The van der Waals surface area contributed by atoms with Crippen LogP contribution in [0, 0.1) is 16.0 Å². The molecule has 1 aromatic rings. The summed E-state index contributed by atoms with van der Waals surface area (Å²) in [7, 11) is 0. The molecule has 2 heterocycles. The van der Waals surface area contributed by atoms with Crippen molar-refractivity contribution in [3.05, 3.63) is 28.0 Å². The molecule has 0 radical (unpaired) electrons. The minimum atomic E-state index is -1.14. The quantitative estimate of drug-likeness (QED) is 0.432. The molecular formula is C9H7N3O6. The Morgan fingerprint density at radius 1 is 1.22 bits per heavy atom. The molecule has 18 heavy (non-hydrogen) atoms. The fourth-order valence-electron chi connectivity index (χ4n) is 1.51. The van der Waals surface area contributed by atoms with Crippen LogP contribution in [0.1, 0.15) is 5.76 Å². The summed E-state index contributed by atoms with van der Waals surface area (Å²) in [4.78, 5) is 43.2. The summed E-state index contributed by atoms with van der Waals surface area (Å²) in [6.07, 6.45) is -0.154. The van der Waals surface area contributed by atoms with Gasteiger partial charge < -0.3 is 4.42 Å². The van der Waals surface area contributed by atoms with Crippen molar-refractivity contribution >= 4 is 23.7 Å². The van der Waals surface area contributed by atoms with E-state index in [1.165, 1.54) is 6.07 Å². The zero-order valence-corrected chi connectivity index (χ0v) is 8.84. The Hall–Kier alpha value is -2.71. The third-order valence-electron chi connectivity index (χ3n) is 2.34. The van der Waals surface area contributed by atoms with Crippen LogP contribution < -0.4 is 10.6 Å². The lowest BCUT2D eigenvalue weighted by molar-refractivity contribution is -0.402. The molecule has 94 valence electrons. The van der Waals surface area contributed by atoms with E-state index >= 15 is 0 Å². The zero-order chi connectivity index (χ0) is 13.3. The first kappa shape index (κ1) is 11.8. The van der Waals surface area contributed by atoms with Crippen molar-refractivity contribution in [1.29, 1.82) is 0 Å². The molecular weight excluding hydrogens is 246 g/mol. The minimum absolute atomic E-state index is 0.117. The van der Waals surface area contributed by atoms with E-state index in [0.29, 0.717) is 0 Å². The molecule has 0 aliphatic carbocycles. The van der Waals surface area contributed by atoms with Crippen LogP contribution >= 0.6 is 0 Å². The first-order valence-electron chi connectivity index (χ1n) is 4.86. The largest absolute Gasteiger partial charge is 0.433 e. The number of urea groups is 1. The van der Waals surface area contributed by atoms with Crippen LogP contribution in [0.4, 0.5) is 10.7 Å². The number of nitrogens with one attached hydrogen (secondary N) is 2. The van der Waals surface area contributed by atoms with Crippen LogP contribution in [-0.2, 0) is 16.0 Å². The molecule has 9 nitrogen and oxygen atoms in total. The summed E-state index contributed by atoms with van der Waals surface area (Å²) < 4.78 is 4.83. The second-order valence-electron chi connectivity index (χ2n) is 3.56. The summed E-state index contributed by atoms with van der Waals surface area (Å²) in [5.41, 5.74) is 0. The van der Waals surface area contributed by atoms with Crippen LogP contribution in [-0.4, -0.2) is 22.8 Å². The molecule has 1 aliphatic rings. The third kappa shape index (κ3) is 2.19. The van der Waals surface area contributed by atoms with Crippen LogP contribution in [0.5, 0.6) is 0 Å². The fourth-order valence-corrected chi connectivity index (χ4v) is 1.51. The second kappa shape index (κ2) is 4.28. The van der Waals surface area contributed by atoms with Gasteiger partial charge in [0.1, 0.15) is 16.6 Å². The highest BCUT2D eigenvalue weighted by atomic mass is 16.6. The number of imide groups is 2. The van der Waals surface area contributed by atoms with Gasteiger partial charge in [-0.1, -0.05) is 0 Å². The third-order valence-corrected chi connectivity index (χ3v) is 2.34. The van der Waals surface area contributed by atoms with Crippen molar-refractivity contribution in [3.8, 4) is 0 Å². The maximum atomic E-state index is 11.4. The summed E-state index contributed by atoms with van der Waals surface area (Å²) in [6, 6.07) is 1.54. The van der Waals surface area contributed by atoms with Crippen molar-refractivity contribution in [3.63, 3.8) is 0 Å². The van der Waals surface area contributed by atoms with Crippen LogP contribution in [0.3, 0.4) is 0 Å². The number of furan rings is 1. The van der Waals surface area contributed by atoms with E-state index in [4.69, 9.17) is 4.42 Å². The first-order valence-corrected chi connectivity index (χ1v) is 4.86. The Morgan fingerprint density at radius 2 is 1.83 bits per heavy atom. The number of nitrogens with zero attached hydrogens (tertiary/aromatic N) is 1. The van der Waals surface area contributed by atoms with Gasteiger partial charge in [0.05, 0.1) is 6.07 Å². The molecule has 9 heteroatoms. The number of carbonyl (C=O) groups is 3. The summed E-state index contributed by atoms with van der Waals surface area (Å²) >= 11 is 0. The van der Waals surface area contributed by atoms with Gasteiger partial charge in [0.2, 0.25) is 11.8 Å². The van der Waals surface area contributed by atoms with E-state index in [2.05, 4.69) is 0 Å². The van der Waals surface area contributed by atoms with Crippen LogP contribution in [0.25, 0.3) is 0 Å². The van der Waals surface area contributed by atoms with Gasteiger partial charge in [0, 0.05) is 6.42 Å². The molecule has 1 fully saturated rings. The molecule has 1 aliphatic heterocycles. The van der Waals surface area contributed by atoms with E-state index in [1.54, 1.807) is 0 Å². The smallest absolute Gasteiger partial charge is 0.406 e. The van der Waals surface area contributed by atoms with Crippen molar-refractivity contribution < 1.29 is 23.7 Å². The highest BCUT2D eigenvalue weighted by Gasteiger charge is 2.35. The predicted molar refractivity (Wildman–Crippen MR) is 54.2 cm³/mol. The topological polar surface area (TPSA) is 132 Å². The van der Waals surface area contributed by atoms with Gasteiger partial charge in [-0.15, -0.1) is 0 Å². The van der Waals surface area contributed by atoms with Gasteiger partial charge in [-0.3, -0.25) is 30.3 Å². The monoisotopic (exact) mass is 253 g/mol. The Morgan fingerprint density at radius 3 is 2.33 bits per heavy atom. The number of hydrogen-bond acceptors (Lipinski definition) is 6. The van der Waals surface area contributed by atoms with Crippen LogP contribution in [0.2, 0.25) is 0 Å². The molecule has 0 atom stereocenters. The fraction of sp³-hybridized carbons (Fsp3) is 0.222. The second-order valence-corrected chi connectivity index (χ2v) is 3.56.